The molecule has 0 aromatic rings. The van der Waals surface area contributed by atoms with E-state index in [1.54, 1.807) is 6.55 Å². The van der Waals surface area contributed by atoms with Gasteiger partial charge >= 0.3 is 14.2 Å². The highest BCUT2D eigenvalue weighted by atomic mass is 28.4. The molecule has 0 aliphatic carbocycles. The van der Waals surface area contributed by atoms with Crippen LogP contribution >= 0.6 is 0 Å². The average molecular weight is 206 g/mol. The van der Waals surface area contributed by atoms with Gasteiger partial charge in [0.25, 0.3) is 0 Å². The Labute approximate surface area is 80.1 Å². The molecule has 0 aliphatic rings. The van der Waals surface area contributed by atoms with Crippen molar-refractivity contribution in [2.45, 2.75) is 33.2 Å². The van der Waals surface area contributed by atoms with Gasteiger partial charge in [-0.1, -0.05) is 13.8 Å². The normalized spacial score (nSPS) is 11.6. The zero-order valence-electron chi connectivity index (χ0n) is 8.50. The van der Waals surface area contributed by atoms with Crippen molar-refractivity contribution in [3.63, 3.8) is 0 Å². The molecular formula is C8H18O4Si. The predicted octanol–water partition coefficient (Wildman–Crippen LogP) is 2.17. The van der Waals surface area contributed by atoms with Gasteiger partial charge in [0.1, 0.15) is 0 Å². The highest BCUT2D eigenvalue weighted by Gasteiger charge is 2.41. The Bertz CT molecular complexity index is 152. The molecule has 5 heteroatoms. The van der Waals surface area contributed by atoms with Gasteiger partial charge in [-0.05, 0) is 19.4 Å². The van der Waals surface area contributed by atoms with Crippen LogP contribution in [0, 0.1) is 0 Å². The number of hydrogen-bond acceptors (Lipinski definition) is 3. The molecule has 13 heavy (non-hydrogen) atoms. The lowest BCUT2D eigenvalue weighted by atomic mass is 10.5. The van der Waals surface area contributed by atoms with Crippen molar-refractivity contribution >= 4 is 14.2 Å². The zero-order chi connectivity index (χ0) is 10.3. The van der Waals surface area contributed by atoms with Crippen molar-refractivity contribution in [1.82, 2.24) is 0 Å². The molecule has 78 valence electrons. The molecule has 0 fully saturated rings. The van der Waals surface area contributed by atoms with Crippen LogP contribution in [-0.2, 0) is 8.85 Å². The lowest BCUT2D eigenvalue weighted by molar-refractivity contribution is 0.152. The summed E-state index contributed by atoms with van der Waals surface area (Å²) in [6, 6.07) is 0. The summed E-state index contributed by atoms with van der Waals surface area (Å²) in [5.41, 5.74) is -0.936. The first kappa shape index (κ1) is 12.6. The minimum atomic E-state index is -2.95. The number of carboxylic acid groups (broad SMARTS) is 1. The van der Waals surface area contributed by atoms with E-state index in [1.165, 1.54) is 0 Å². The Balaban J connectivity index is 4.08. The monoisotopic (exact) mass is 206 g/mol. The summed E-state index contributed by atoms with van der Waals surface area (Å²) in [6.07, 6.45) is 1.62. The van der Waals surface area contributed by atoms with Crippen LogP contribution in [0.25, 0.3) is 0 Å². The van der Waals surface area contributed by atoms with E-state index >= 15 is 0 Å². The van der Waals surface area contributed by atoms with Crippen LogP contribution in [0.5, 0.6) is 0 Å². The highest BCUT2D eigenvalue weighted by Crippen LogP contribution is 2.09. The summed E-state index contributed by atoms with van der Waals surface area (Å²) in [7, 11) is -2.95. The van der Waals surface area contributed by atoms with Gasteiger partial charge < -0.3 is 14.0 Å². The molecule has 0 spiro atoms. The molecule has 0 radical (unpaired) electrons. The standard InChI is InChI=1S/C8H18O4Si/c1-4-6-11-13(3,8(9)10)12-7-5-2/h4-7H2,1-3H3,(H,9,10). The van der Waals surface area contributed by atoms with Gasteiger partial charge in [0, 0.05) is 13.2 Å². The van der Waals surface area contributed by atoms with Gasteiger partial charge in [0.05, 0.1) is 0 Å². The Morgan fingerprint density at radius 1 is 1.23 bits per heavy atom. The molecule has 1 N–H and O–H groups in total. The summed E-state index contributed by atoms with van der Waals surface area (Å²) in [5.74, 6) is 0. The first-order valence-corrected chi connectivity index (χ1v) is 6.89. The SMILES string of the molecule is CCCO[Si](C)(OCCC)C(=O)O. The van der Waals surface area contributed by atoms with E-state index in [-0.39, 0.29) is 0 Å². The topological polar surface area (TPSA) is 55.8 Å². The third kappa shape index (κ3) is 4.40. The minimum absolute atomic E-state index is 0.457. The summed E-state index contributed by atoms with van der Waals surface area (Å²) >= 11 is 0. The smallest absolute Gasteiger partial charge is 0.459 e. The van der Waals surface area contributed by atoms with E-state index in [2.05, 4.69) is 0 Å². The molecule has 0 rings (SSSR count). The number of carbonyl (C=O) groups is 1. The average Bonchev–Trinajstić information content (AvgIpc) is 2.11. The van der Waals surface area contributed by atoms with Crippen molar-refractivity contribution in [3.05, 3.63) is 0 Å². The van der Waals surface area contributed by atoms with E-state index in [1.807, 2.05) is 13.8 Å². The van der Waals surface area contributed by atoms with E-state index < -0.39 is 14.2 Å². The second-order valence-corrected chi connectivity index (χ2v) is 5.84. The summed E-state index contributed by atoms with van der Waals surface area (Å²) in [5, 5.41) is 8.90. The van der Waals surface area contributed by atoms with Crippen molar-refractivity contribution in [2.24, 2.45) is 0 Å². The molecule has 0 unspecified atom stereocenters. The third-order valence-corrected chi connectivity index (χ3v) is 3.84. The lowest BCUT2D eigenvalue weighted by Crippen LogP contribution is -2.47. The zero-order valence-corrected chi connectivity index (χ0v) is 9.50. The second-order valence-electron chi connectivity index (χ2n) is 2.95. The first-order chi connectivity index (χ1) is 6.06. The largest absolute Gasteiger partial charge is 0.481 e. The van der Waals surface area contributed by atoms with Crippen molar-refractivity contribution in [2.75, 3.05) is 13.2 Å². The molecule has 0 saturated heterocycles. The van der Waals surface area contributed by atoms with Gasteiger partial charge in [-0.2, -0.15) is 0 Å². The third-order valence-electron chi connectivity index (χ3n) is 1.55. The van der Waals surface area contributed by atoms with Gasteiger partial charge in [-0.3, -0.25) is 4.79 Å². The fraction of sp³-hybridized carbons (Fsp3) is 0.875. The molecule has 0 aromatic carbocycles. The van der Waals surface area contributed by atoms with Crippen LogP contribution in [0.3, 0.4) is 0 Å². The van der Waals surface area contributed by atoms with Gasteiger partial charge in [-0.15, -0.1) is 0 Å². The molecule has 0 bridgehead atoms. The quantitative estimate of drug-likeness (QED) is 0.649. The maximum absolute atomic E-state index is 10.8. The molecule has 0 aromatic heterocycles. The molecule has 0 heterocycles. The maximum atomic E-state index is 10.8. The molecule has 0 atom stereocenters. The summed E-state index contributed by atoms with van der Waals surface area (Å²) < 4.78 is 10.5. The van der Waals surface area contributed by atoms with E-state index in [0.717, 1.165) is 12.8 Å². The minimum Gasteiger partial charge on any atom is -0.481 e. The van der Waals surface area contributed by atoms with Crippen LogP contribution < -0.4 is 0 Å². The Kier molecular flexibility index (Phi) is 5.94. The molecular weight excluding hydrogens is 188 g/mol. The molecule has 0 amide bonds. The Hall–Kier alpha value is -0.393. The predicted molar refractivity (Wildman–Crippen MR) is 52.1 cm³/mol. The van der Waals surface area contributed by atoms with Crippen molar-refractivity contribution in [1.29, 1.82) is 0 Å². The second kappa shape index (κ2) is 6.12. The highest BCUT2D eigenvalue weighted by molar-refractivity contribution is 6.94. The van der Waals surface area contributed by atoms with Gasteiger partial charge in [-0.25, -0.2) is 0 Å². The fourth-order valence-electron chi connectivity index (χ4n) is 0.759. The van der Waals surface area contributed by atoms with Gasteiger partial charge in [0.2, 0.25) is 0 Å². The van der Waals surface area contributed by atoms with Crippen LogP contribution in [0.2, 0.25) is 6.55 Å². The van der Waals surface area contributed by atoms with Gasteiger partial charge in [0.15, 0.2) is 0 Å². The van der Waals surface area contributed by atoms with Crippen LogP contribution in [-0.4, -0.2) is 32.5 Å². The van der Waals surface area contributed by atoms with Crippen LogP contribution in [0.15, 0.2) is 0 Å². The molecule has 0 saturated carbocycles. The fourth-order valence-corrected chi connectivity index (χ4v) is 2.28. The molecule has 0 aliphatic heterocycles. The number of hydrogen-bond donors (Lipinski definition) is 1. The van der Waals surface area contributed by atoms with Crippen molar-refractivity contribution in [3.8, 4) is 0 Å². The molecule has 4 nitrogen and oxygen atoms in total. The summed E-state index contributed by atoms with van der Waals surface area (Å²) in [4.78, 5) is 10.8. The first-order valence-electron chi connectivity index (χ1n) is 4.58. The Morgan fingerprint density at radius 2 is 1.62 bits per heavy atom. The summed E-state index contributed by atoms with van der Waals surface area (Å²) in [6.45, 7) is 6.37. The number of rotatable bonds is 7. The van der Waals surface area contributed by atoms with Crippen LogP contribution in [0.4, 0.5) is 4.79 Å². The Morgan fingerprint density at radius 3 is 1.85 bits per heavy atom. The van der Waals surface area contributed by atoms with Crippen molar-refractivity contribution < 1.29 is 18.8 Å². The lowest BCUT2D eigenvalue weighted by Gasteiger charge is -2.21. The van der Waals surface area contributed by atoms with E-state index in [0.29, 0.717) is 13.2 Å². The van der Waals surface area contributed by atoms with Crippen LogP contribution in [0.1, 0.15) is 26.7 Å². The van der Waals surface area contributed by atoms with E-state index in [9.17, 15) is 4.79 Å². The van der Waals surface area contributed by atoms with E-state index in [4.69, 9.17) is 14.0 Å². The maximum Gasteiger partial charge on any atom is 0.459 e.